The molecule has 0 unspecified atom stereocenters. The van der Waals surface area contributed by atoms with Crippen molar-refractivity contribution in [1.82, 2.24) is 10.6 Å². The molecule has 0 saturated heterocycles. The third kappa shape index (κ3) is 5.49. The molecular formula is C22H28N2O4. The number of hydrogen-bond donors (Lipinski definition) is 2. The minimum Gasteiger partial charge on any atom is -0.496 e. The summed E-state index contributed by atoms with van der Waals surface area (Å²) in [5, 5.41) is 5.72. The largest absolute Gasteiger partial charge is 0.496 e. The smallest absolute Gasteiger partial charge is 0.255 e. The van der Waals surface area contributed by atoms with Crippen LogP contribution < -0.4 is 20.1 Å². The van der Waals surface area contributed by atoms with Crippen molar-refractivity contribution in [2.45, 2.75) is 33.4 Å². The van der Waals surface area contributed by atoms with Gasteiger partial charge in [-0.3, -0.25) is 9.59 Å². The van der Waals surface area contributed by atoms with Crippen LogP contribution in [0.2, 0.25) is 0 Å². The standard InChI is InChI=1S/C22H28N2O4/c1-5-28-19-13-9-7-11-17(19)21(25)24-20(15(2)3)22(26)23-14-16-10-6-8-12-18(16)27-4/h6-13,15,20H,5,14H2,1-4H3,(H,23,26)(H,24,25)/t20-/m1/s1. The predicted molar refractivity (Wildman–Crippen MR) is 109 cm³/mol. The van der Waals surface area contributed by atoms with E-state index in [1.807, 2.05) is 51.1 Å². The maximum absolute atomic E-state index is 12.7. The summed E-state index contributed by atoms with van der Waals surface area (Å²) in [6.07, 6.45) is 0. The van der Waals surface area contributed by atoms with Gasteiger partial charge in [0.15, 0.2) is 0 Å². The third-order valence-corrected chi connectivity index (χ3v) is 4.31. The minimum absolute atomic E-state index is 0.0825. The fourth-order valence-corrected chi connectivity index (χ4v) is 2.83. The number of carbonyl (C=O) groups excluding carboxylic acids is 2. The summed E-state index contributed by atoms with van der Waals surface area (Å²) in [5.74, 6) is 0.539. The summed E-state index contributed by atoms with van der Waals surface area (Å²) in [6, 6.07) is 13.8. The fourth-order valence-electron chi connectivity index (χ4n) is 2.83. The molecule has 0 heterocycles. The van der Waals surface area contributed by atoms with Crippen LogP contribution in [-0.4, -0.2) is 31.6 Å². The average Bonchev–Trinajstić information content (AvgIpc) is 2.70. The van der Waals surface area contributed by atoms with E-state index in [0.717, 1.165) is 5.56 Å². The van der Waals surface area contributed by atoms with E-state index in [1.165, 1.54) is 0 Å². The second-order valence-corrected chi connectivity index (χ2v) is 6.65. The Hall–Kier alpha value is -3.02. The number of carbonyl (C=O) groups is 2. The average molecular weight is 384 g/mol. The summed E-state index contributed by atoms with van der Waals surface area (Å²) in [6.45, 7) is 6.41. The summed E-state index contributed by atoms with van der Waals surface area (Å²) in [4.78, 5) is 25.5. The van der Waals surface area contributed by atoms with Crippen LogP contribution in [0.4, 0.5) is 0 Å². The zero-order chi connectivity index (χ0) is 20.5. The molecule has 6 nitrogen and oxygen atoms in total. The molecule has 6 heteroatoms. The number of nitrogens with one attached hydrogen (secondary N) is 2. The number of rotatable bonds is 9. The molecule has 2 N–H and O–H groups in total. The quantitative estimate of drug-likeness (QED) is 0.696. The van der Waals surface area contributed by atoms with Gasteiger partial charge in [0.1, 0.15) is 17.5 Å². The molecule has 0 bridgehead atoms. The number of ether oxygens (including phenoxy) is 2. The molecule has 0 aliphatic heterocycles. The number of benzene rings is 2. The lowest BCUT2D eigenvalue weighted by atomic mass is 10.0. The van der Waals surface area contributed by atoms with E-state index in [9.17, 15) is 9.59 Å². The van der Waals surface area contributed by atoms with Crippen molar-refractivity contribution in [3.63, 3.8) is 0 Å². The molecule has 0 spiro atoms. The molecule has 2 rings (SSSR count). The Balaban J connectivity index is 2.08. The van der Waals surface area contributed by atoms with Crippen molar-refractivity contribution in [1.29, 1.82) is 0 Å². The van der Waals surface area contributed by atoms with Gasteiger partial charge in [-0.2, -0.15) is 0 Å². The summed E-state index contributed by atoms with van der Waals surface area (Å²) < 4.78 is 10.8. The monoisotopic (exact) mass is 384 g/mol. The lowest BCUT2D eigenvalue weighted by Gasteiger charge is -2.22. The first-order valence-corrected chi connectivity index (χ1v) is 9.40. The number of amides is 2. The van der Waals surface area contributed by atoms with Crippen molar-refractivity contribution in [2.75, 3.05) is 13.7 Å². The lowest BCUT2D eigenvalue weighted by molar-refractivity contribution is -0.124. The Morgan fingerprint density at radius 3 is 2.29 bits per heavy atom. The second-order valence-electron chi connectivity index (χ2n) is 6.65. The summed E-state index contributed by atoms with van der Waals surface area (Å²) in [7, 11) is 1.59. The van der Waals surface area contributed by atoms with E-state index in [1.54, 1.807) is 25.3 Å². The molecule has 0 fully saturated rings. The van der Waals surface area contributed by atoms with E-state index in [0.29, 0.717) is 30.2 Å². The molecule has 2 amide bonds. The van der Waals surface area contributed by atoms with Crippen LogP contribution in [0.5, 0.6) is 11.5 Å². The van der Waals surface area contributed by atoms with Crippen molar-refractivity contribution >= 4 is 11.8 Å². The molecule has 0 saturated carbocycles. The third-order valence-electron chi connectivity index (χ3n) is 4.31. The van der Waals surface area contributed by atoms with Crippen LogP contribution >= 0.6 is 0 Å². The van der Waals surface area contributed by atoms with Crippen molar-refractivity contribution < 1.29 is 19.1 Å². The van der Waals surface area contributed by atoms with Gasteiger partial charge in [0.25, 0.3) is 5.91 Å². The maximum Gasteiger partial charge on any atom is 0.255 e. The first-order valence-electron chi connectivity index (χ1n) is 9.40. The van der Waals surface area contributed by atoms with Gasteiger partial charge in [-0.15, -0.1) is 0 Å². The summed E-state index contributed by atoms with van der Waals surface area (Å²) >= 11 is 0. The SMILES string of the molecule is CCOc1ccccc1C(=O)N[C@@H](C(=O)NCc1ccccc1OC)C(C)C. The normalized spacial score (nSPS) is 11.6. The zero-order valence-electron chi connectivity index (χ0n) is 16.8. The van der Waals surface area contributed by atoms with Gasteiger partial charge in [0.2, 0.25) is 5.91 Å². The Morgan fingerprint density at radius 2 is 1.64 bits per heavy atom. The minimum atomic E-state index is -0.670. The maximum atomic E-state index is 12.7. The van der Waals surface area contributed by atoms with Crippen LogP contribution in [0, 0.1) is 5.92 Å². The number of hydrogen-bond acceptors (Lipinski definition) is 4. The molecule has 0 aliphatic carbocycles. The highest BCUT2D eigenvalue weighted by Gasteiger charge is 2.25. The zero-order valence-corrected chi connectivity index (χ0v) is 16.8. The molecular weight excluding hydrogens is 356 g/mol. The van der Waals surface area contributed by atoms with Crippen LogP contribution in [0.15, 0.2) is 48.5 Å². The lowest BCUT2D eigenvalue weighted by Crippen LogP contribution is -2.49. The topological polar surface area (TPSA) is 76.7 Å². The van der Waals surface area contributed by atoms with Crippen molar-refractivity contribution in [3.8, 4) is 11.5 Å². The van der Waals surface area contributed by atoms with E-state index in [4.69, 9.17) is 9.47 Å². The van der Waals surface area contributed by atoms with Gasteiger partial charge in [0.05, 0.1) is 19.3 Å². The highest BCUT2D eigenvalue weighted by atomic mass is 16.5. The molecule has 0 aliphatic rings. The first kappa shape index (κ1) is 21.3. The van der Waals surface area contributed by atoms with Crippen LogP contribution in [-0.2, 0) is 11.3 Å². The first-order chi connectivity index (χ1) is 13.5. The van der Waals surface area contributed by atoms with Gasteiger partial charge >= 0.3 is 0 Å². The summed E-state index contributed by atoms with van der Waals surface area (Å²) in [5.41, 5.74) is 1.28. The fraction of sp³-hybridized carbons (Fsp3) is 0.364. The van der Waals surface area contributed by atoms with Gasteiger partial charge in [-0.05, 0) is 31.0 Å². The van der Waals surface area contributed by atoms with E-state index >= 15 is 0 Å². The van der Waals surface area contributed by atoms with E-state index in [-0.39, 0.29) is 17.7 Å². The molecule has 150 valence electrons. The van der Waals surface area contributed by atoms with Gasteiger partial charge < -0.3 is 20.1 Å². The van der Waals surface area contributed by atoms with Gasteiger partial charge in [-0.25, -0.2) is 0 Å². The Kier molecular flexibility index (Phi) is 7.87. The Bertz CT molecular complexity index is 805. The number of para-hydroxylation sites is 2. The second kappa shape index (κ2) is 10.3. The van der Waals surface area contributed by atoms with Crippen molar-refractivity contribution in [2.24, 2.45) is 5.92 Å². The molecule has 2 aromatic carbocycles. The van der Waals surface area contributed by atoms with Gasteiger partial charge in [0, 0.05) is 12.1 Å². The molecule has 0 aromatic heterocycles. The Morgan fingerprint density at radius 1 is 1.00 bits per heavy atom. The van der Waals surface area contributed by atoms with E-state index < -0.39 is 6.04 Å². The highest BCUT2D eigenvalue weighted by Crippen LogP contribution is 2.19. The molecule has 1 atom stereocenters. The molecule has 0 radical (unpaired) electrons. The predicted octanol–water partition coefficient (Wildman–Crippen LogP) is 3.16. The number of methoxy groups -OCH3 is 1. The van der Waals surface area contributed by atoms with E-state index in [2.05, 4.69) is 10.6 Å². The van der Waals surface area contributed by atoms with Crippen molar-refractivity contribution in [3.05, 3.63) is 59.7 Å². The Labute approximate surface area is 166 Å². The highest BCUT2D eigenvalue weighted by molar-refractivity contribution is 5.99. The molecule has 2 aromatic rings. The van der Waals surface area contributed by atoms with Crippen LogP contribution in [0.3, 0.4) is 0 Å². The molecule has 28 heavy (non-hydrogen) atoms. The van der Waals surface area contributed by atoms with Gasteiger partial charge in [-0.1, -0.05) is 44.2 Å². The van der Waals surface area contributed by atoms with Crippen LogP contribution in [0.25, 0.3) is 0 Å². The van der Waals surface area contributed by atoms with Crippen LogP contribution in [0.1, 0.15) is 36.7 Å².